The Morgan fingerprint density at radius 2 is 1.78 bits per heavy atom. The van der Waals surface area contributed by atoms with E-state index in [0.717, 1.165) is 12.0 Å². The first kappa shape index (κ1) is 17.6. The van der Waals surface area contributed by atoms with Crippen molar-refractivity contribution >= 4 is 11.9 Å². The minimum Gasteiger partial charge on any atom is -0.464 e. The molecule has 2 fully saturated rings. The van der Waals surface area contributed by atoms with Crippen molar-refractivity contribution in [1.82, 2.24) is 25.3 Å². The number of rotatable bonds is 4. The molecular weight excluding hydrogens is 346 g/mol. The third kappa shape index (κ3) is 3.96. The van der Waals surface area contributed by atoms with Gasteiger partial charge < -0.3 is 4.74 Å². The van der Waals surface area contributed by atoms with Crippen molar-refractivity contribution in [3.05, 3.63) is 48.3 Å². The average Bonchev–Trinajstić information content (AvgIpc) is 3.15. The molecule has 2 aliphatic rings. The lowest BCUT2D eigenvalue weighted by Gasteiger charge is -2.36. The lowest BCUT2D eigenvalue weighted by molar-refractivity contribution is -0.143. The van der Waals surface area contributed by atoms with Gasteiger partial charge in [0.25, 0.3) is 5.91 Å². The number of carbonyl (C=O) groups is 2. The van der Waals surface area contributed by atoms with Crippen LogP contribution in [0.25, 0.3) is 11.4 Å². The zero-order chi connectivity index (χ0) is 18.6. The molecule has 0 saturated carbocycles. The van der Waals surface area contributed by atoms with E-state index in [4.69, 9.17) is 4.74 Å². The molecule has 1 unspecified atom stereocenters. The molecule has 8 heteroatoms. The minimum atomic E-state index is -0.233. The van der Waals surface area contributed by atoms with E-state index in [1.165, 1.54) is 12.4 Å². The quantitative estimate of drug-likeness (QED) is 0.797. The molecule has 2 saturated heterocycles. The zero-order valence-electron chi connectivity index (χ0n) is 14.9. The fourth-order valence-electron chi connectivity index (χ4n) is 3.35. The fraction of sp³-hybridized carbons (Fsp3) is 0.368. The van der Waals surface area contributed by atoms with Crippen molar-refractivity contribution in [3.8, 4) is 11.4 Å². The maximum atomic E-state index is 12.4. The van der Waals surface area contributed by atoms with Gasteiger partial charge >= 0.3 is 5.97 Å². The van der Waals surface area contributed by atoms with E-state index in [9.17, 15) is 9.59 Å². The standard InChI is InChI=1S/C19H21N5O3/c25-18(15-12-20-17(21-13-15)14-4-2-1-3-5-14)22-24-9-7-23(8-10-24)16-6-11-27-19(16)26/h1-5,12-13,16H,6-11H2,(H,22,25). The molecule has 1 atom stereocenters. The summed E-state index contributed by atoms with van der Waals surface area (Å²) in [6.07, 6.45) is 3.82. The van der Waals surface area contributed by atoms with Gasteiger partial charge in [0.05, 0.1) is 12.2 Å². The highest BCUT2D eigenvalue weighted by molar-refractivity contribution is 5.93. The molecule has 1 N–H and O–H groups in total. The van der Waals surface area contributed by atoms with E-state index < -0.39 is 0 Å². The van der Waals surface area contributed by atoms with Gasteiger partial charge in [-0.3, -0.25) is 19.9 Å². The maximum Gasteiger partial charge on any atom is 0.323 e. The second-order valence-corrected chi connectivity index (χ2v) is 6.60. The van der Waals surface area contributed by atoms with Crippen molar-refractivity contribution < 1.29 is 14.3 Å². The molecule has 4 rings (SSSR count). The first-order chi connectivity index (χ1) is 13.2. The molecule has 140 valence electrons. The normalized spacial score (nSPS) is 21.0. The summed E-state index contributed by atoms with van der Waals surface area (Å²) >= 11 is 0. The number of carbonyl (C=O) groups excluding carboxylic acids is 2. The van der Waals surface area contributed by atoms with Gasteiger partial charge in [-0.1, -0.05) is 30.3 Å². The Balaban J connectivity index is 1.31. The number of hydrogen-bond acceptors (Lipinski definition) is 7. The van der Waals surface area contributed by atoms with E-state index in [0.29, 0.717) is 44.2 Å². The van der Waals surface area contributed by atoms with E-state index in [2.05, 4.69) is 20.3 Å². The van der Waals surface area contributed by atoms with Crippen LogP contribution < -0.4 is 5.43 Å². The van der Waals surface area contributed by atoms with E-state index in [1.807, 2.05) is 35.3 Å². The summed E-state index contributed by atoms with van der Waals surface area (Å²) in [5.74, 6) is 0.218. The Morgan fingerprint density at radius 1 is 1.07 bits per heavy atom. The second-order valence-electron chi connectivity index (χ2n) is 6.60. The van der Waals surface area contributed by atoms with Crippen LogP contribution in [0.1, 0.15) is 16.8 Å². The first-order valence-corrected chi connectivity index (χ1v) is 9.05. The lowest BCUT2D eigenvalue weighted by Crippen LogP contribution is -2.56. The Labute approximate surface area is 157 Å². The number of esters is 1. The van der Waals surface area contributed by atoms with Crippen molar-refractivity contribution in [2.24, 2.45) is 0 Å². The summed E-state index contributed by atoms with van der Waals surface area (Å²) in [5.41, 5.74) is 4.21. The Kier molecular flexibility index (Phi) is 5.08. The van der Waals surface area contributed by atoms with Crippen LogP contribution in [0.15, 0.2) is 42.7 Å². The highest BCUT2D eigenvalue weighted by Crippen LogP contribution is 2.16. The van der Waals surface area contributed by atoms with Crippen LogP contribution in [-0.2, 0) is 9.53 Å². The zero-order valence-corrected chi connectivity index (χ0v) is 14.9. The molecule has 0 radical (unpaired) electrons. The summed E-state index contributed by atoms with van der Waals surface area (Å²) in [4.78, 5) is 34.8. The van der Waals surface area contributed by atoms with Gasteiger partial charge in [0, 0.05) is 50.6 Å². The van der Waals surface area contributed by atoms with Crippen LogP contribution in [-0.4, -0.2) is 70.6 Å². The predicted octanol–water partition coefficient (Wildman–Crippen LogP) is 0.722. The number of hydrogen-bond donors (Lipinski definition) is 1. The minimum absolute atomic E-state index is 0.136. The second kappa shape index (κ2) is 7.81. The number of hydrazine groups is 1. The molecule has 3 heterocycles. The fourth-order valence-corrected chi connectivity index (χ4v) is 3.35. The van der Waals surface area contributed by atoms with Crippen LogP contribution in [0.5, 0.6) is 0 Å². The molecule has 8 nitrogen and oxygen atoms in total. The number of amides is 1. The summed E-state index contributed by atoms with van der Waals surface area (Å²) in [7, 11) is 0. The number of benzene rings is 1. The number of nitrogens with zero attached hydrogens (tertiary/aromatic N) is 4. The maximum absolute atomic E-state index is 12.4. The highest BCUT2D eigenvalue weighted by Gasteiger charge is 2.34. The molecule has 1 aromatic heterocycles. The van der Waals surface area contributed by atoms with Crippen molar-refractivity contribution in [2.45, 2.75) is 12.5 Å². The third-order valence-electron chi connectivity index (χ3n) is 4.87. The number of cyclic esters (lactones) is 1. The molecule has 1 amide bonds. The van der Waals surface area contributed by atoms with Gasteiger partial charge in [-0.25, -0.2) is 15.0 Å². The van der Waals surface area contributed by atoms with Gasteiger partial charge in [-0.15, -0.1) is 0 Å². The molecule has 2 aromatic rings. The van der Waals surface area contributed by atoms with Crippen LogP contribution in [0.2, 0.25) is 0 Å². The van der Waals surface area contributed by atoms with E-state index in [-0.39, 0.29) is 17.9 Å². The monoisotopic (exact) mass is 367 g/mol. The number of piperazine rings is 1. The Hall–Kier alpha value is -2.84. The van der Waals surface area contributed by atoms with Crippen molar-refractivity contribution in [3.63, 3.8) is 0 Å². The summed E-state index contributed by atoms with van der Waals surface area (Å²) in [6, 6.07) is 9.49. The van der Waals surface area contributed by atoms with Crippen LogP contribution in [0.4, 0.5) is 0 Å². The van der Waals surface area contributed by atoms with Gasteiger partial charge in [-0.05, 0) is 0 Å². The summed E-state index contributed by atoms with van der Waals surface area (Å²) < 4.78 is 5.03. The highest BCUT2D eigenvalue weighted by atomic mass is 16.5. The SMILES string of the molecule is O=C(NN1CCN(C2CCOC2=O)CC1)c1cnc(-c2ccccc2)nc1. The average molecular weight is 367 g/mol. The number of aromatic nitrogens is 2. The molecule has 0 bridgehead atoms. The predicted molar refractivity (Wildman–Crippen MR) is 97.4 cm³/mol. The van der Waals surface area contributed by atoms with Crippen molar-refractivity contribution in [2.75, 3.05) is 32.8 Å². The number of ether oxygens (including phenoxy) is 1. The largest absolute Gasteiger partial charge is 0.464 e. The third-order valence-corrected chi connectivity index (χ3v) is 4.87. The van der Waals surface area contributed by atoms with Gasteiger partial charge in [0.1, 0.15) is 6.04 Å². The Morgan fingerprint density at radius 3 is 2.41 bits per heavy atom. The smallest absolute Gasteiger partial charge is 0.323 e. The van der Waals surface area contributed by atoms with E-state index >= 15 is 0 Å². The van der Waals surface area contributed by atoms with Gasteiger partial charge in [-0.2, -0.15) is 0 Å². The molecule has 0 aliphatic carbocycles. The molecule has 0 spiro atoms. The topological polar surface area (TPSA) is 87.7 Å². The molecular formula is C19H21N5O3. The molecule has 27 heavy (non-hydrogen) atoms. The van der Waals surface area contributed by atoms with Crippen LogP contribution in [0.3, 0.4) is 0 Å². The van der Waals surface area contributed by atoms with Gasteiger partial charge in [0.15, 0.2) is 5.82 Å². The Bertz CT molecular complexity index is 804. The summed E-state index contributed by atoms with van der Waals surface area (Å²) in [6.45, 7) is 3.23. The molecule has 2 aliphatic heterocycles. The van der Waals surface area contributed by atoms with Crippen molar-refractivity contribution in [1.29, 1.82) is 0 Å². The van der Waals surface area contributed by atoms with Crippen LogP contribution >= 0.6 is 0 Å². The summed E-state index contributed by atoms with van der Waals surface area (Å²) in [5, 5.41) is 1.87. The molecule has 1 aromatic carbocycles. The lowest BCUT2D eigenvalue weighted by atomic mass is 10.2. The van der Waals surface area contributed by atoms with E-state index in [1.54, 1.807) is 0 Å². The van der Waals surface area contributed by atoms with Crippen LogP contribution in [0, 0.1) is 0 Å². The number of nitrogens with one attached hydrogen (secondary N) is 1. The van der Waals surface area contributed by atoms with Gasteiger partial charge in [0.2, 0.25) is 0 Å². The first-order valence-electron chi connectivity index (χ1n) is 9.05.